The molecule has 0 saturated carbocycles. The standard InChI is InChI=1S/C16H16N2O/c1-9-6-11(3)15-14(7-9)18-16(19-15)12-5-4-10(2)13(17)8-12/h4-8H,17H2,1-3H3. The predicted molar refractivity (Wildman–Crippen MR) is 78.1 cm³/mol. The van der Waals surface area contributed by atoms with E-state index < -0.39 is 0 Å². The number of aryl methyl sites for hydroxylation is 3. The zero-order chi connectivity index (χ0) is 13.6. The number of benzene rings is 2. The minimum Gasteiger partial charge on any atom is -0.436 e. The normalized spacial score (nSPS) is 11.1. The lowest BCUT2D eigenvalue weighted by atomic mass is 10.1. The summed E-state index contributed by atoms with van der Waals surface area (Å²) in [6, 6.07) is 10.0. The van der Waals surface area contributed by atoms with Gasteiger partial charge in [0.25, 0.3) is 0 Å². The Bertz CT molecular complexity index is 772. The molecule has 0 aliphatic rings. The number of hydrogen-bond acceptors (Lipinski definition) is 3. The number of aromatic nitrogens is 1. The van der Waals surface area contributed by atoms with Crippen molar-refractivity contribution in [2.24, 2.45) is 0 Å². The molecule has 0 fully saturated rings. The summed E-state index contributed by atoms with van der Waals surface area (Å²) in [5, 5.41) is 0. The summed E-state index contributed by atoms with van der Waals surface area (Å²) in [6.45, 7) is 6.08. The van der Waals surface area contributed by atoms with Gasteiger partial charge < -0.3 is 10.2 Å². The summed E-state index contributed by atoms with van der Waals surface area (Å²) in [7, 11) is 0. The lowest BCUT2D eigenvalue weighted by Crippen LogP contribution is -1.89. The van der Waals surface area contributed by atoms with E-state index >= 15 is 0 Å². The van der Waals surface area contributed by atoms with E-state index in [1.807, 2.05) is 38.1 Å². The van der Waals surface area contributed by atoms with Gasteiger partial charge in [0.15, 0.2) is 5.58 Å². The molecular weight excluding hydrogens is 236 g/mol. The maximum absolute atomic E-state index is 5.94. The number of oxazole rings is 1. The van der Waals surface area contributed by atoms with Gasteiger partial charge in [0.2, 0.25) is 5.89 Å². The molecular formula is C16H16N2O. The van der Waals surface area contributed by atoms with E-state index in [-0.39, 0.29) is 0 Å². The summed E-state index contributed by atoms with van der Waals surface area (Å²) >= 11 is 0. The first-order valence-corrected chi connectivity index (χ1v) is 6.29. The van der Waals surface area contributed by atoms with Gasteiger partial charge in [-0.05, 0) is 55.7 Å². The van der Waals surface area contributed by atoms with Gasteiger partial charge in [-0.2, -0.15) is 0 Å². The molecule has 19 heavy (non-hydrogen) atoms. The topological polar surface area (TPSA) is 52.0 Å². The van der Waals surface area contributed by atoms with Crippen LogP contribution in [-0.4, -0.2) is 4.98 Å². The molecule has 3 rings (SSSR count). The van der Waals surface area contributed by atoms with Gasteiger partial charge in [-0.15, -0.1) is 0 Å². The molecule has 3 aromatic rings. The van der Waals surface area contributed by atoms with Crippen molar-refractivity contribution in [3.05, 3.63) is 47.0 Å². The Labute approximate surface area is 112 Å². The van der Waals surface area contributed by atoms with Crippen molar-refractivity contribution >= 4 is 16.8 Å². The second-order valence-corrected chi connectivity index (χ2v) is 5.02. The highest BCUT2D eigenvalue weighted by Crippen LogP contribution is 2.28. The van der Waals surface area contributed by atoms with E-state index in [4.69, 9.17) is 10.2 Å². The molecule has 0 unspecified atom stereocenters. The molecule has 96 valence electrons. The molecule has 2 N–H and O–H groups in total. The van der Waals surface area contributed by atoms with Crippen LogP contribution in [-0.2, 0) is 0 Å². The molecule has 0 spiro atoms. The van der Waals surface area contributed by atoms with Crippen LogP contribution in [0.1, 0.15) is 16.7 Å². The molecule has 0 aliphatic carbocycles. The van der Waals surface area contributed by atoms with Crippen LogP contribution < -0.4 is 5.73 Å². The third-order valence-corrected chi connectivity index (χ3v) is 3.35. The Balaban J connectivity index is 2.20. The summed E-state index contributed by atoms with van der Waals surface area (Å²) in [5.74, 6) is 0.621. The Morgan fingerprint density at radius 3 is 2.53 bits per heavy atom. The number of rotatable bonds is 1. The first-order valence-electron chi connectivity index (χ1n) is 6.29. The molecule has 3 heteroatoms. The quantitative estimate of drug-likeness (QED) is 0.666. The lowest BCUT2D eigenvalue weighted by Gasteiger charge is -2.01. The minimum absolute atomic E-state index is 0.621. The third-order valence-electron chi connectivity index (χ3n) is 3.35. The van der Waals surface area contributed by atoms with Crippen LogP contribution in [0.2, 0.25) is 0 Å². The van der Waals surface area contributed by atoms with Crippen LogP contribution >= 0.6 is 0 Å². The summed E-state index contributed by atoms with van der Waals surface area (Å²) in [4.78, 5) is 4.55. The summed E-state index contributed by atoms with van der Waals surface area (Å²) in [6.07, 6.45) is 0. The average molecular weight is 252 g/mol. The molecule has 0 bridgehead atoms. The van der Waals surface area contributed by atoms with Crippen molar-refractivity contribution in [1.29, 1.82) is 0 Å². The van der Waals surface area contributed by atoms with Gasteiger partial charge in [-0.3, -0.25) is 0 Å². The number of fused-ring (bicyclic) bond motifs is 1. The monoisotopic (exact) mass is 252 g/mol. The summed E-state index contributed by atoms with van der Waals surface area (Å²) < 4.78 is 5.87. The largest absolute Gasteiger partial charge is 0.436 e. The van der Waals surface area contributed by atoms with E-state index in [2.05, 4.69) is 18.0 Å². The molecule has 0 atom stereocenters. The maximum Gasteiger partial charge on any atom is 0.227 e. The highest BCUT2D eigenvalue weighted by Gasteiger charge is 2.11. The molecule has 0 amide bonds. The molecule has 2 aromatic carbocycles. The van der Waals surface area contributed by atoms with Gasteiger partial charge in [-0.25, -0.2) is 4.98 Å². The van der Waals surface area contributed by atoms with E-state index in [0.717, 1.165) is 33.5 Å². The fraction of sp³-hybridized carbons (Fsp3) is 0.188. The van der Waals surface area contributed by atoms with Crippen LogP contribution in [0, 0.1) is 20.8 Å². The maximum atomic E-state index is 5.94. The number of anilines is 1. The van der Waals surface area contributed by atoms with E-state index in [0.29, 0.717) is 5.89 Å². The Hall–Kier alpha value is -2.29. The van der Waals surface area contributed by atoms with Gasteiger partial charge in [0, 0.05) is 11.3 Å². The zero-order valence-corrected chi connectivity index (χ0v) is 11.3. The van der Waals surface area contributed by atoms with Crippen LogP contribution in [0.25, 0.3) is 22.6 Å². The molecule has 0 aliphatic heterocycles. The number of nitrogens with zero attached hydrogens (tertiary/aromatic N) is 1. The van der Waals surface area contributed by atoms with E-state index in [1.165, 1.54) is 5.56 Å². The van der Waals surface area contributed by atoms with Crippen LogP contribution in [0.5, 0.6) is 0 Å². The van der Waals surface area contributed by atoms with Gasteiger partial charge in [0.1, 0.15) is 5.52 Å². The van der Waals surface area contributed by atoms with E-state index in [9.17, 15) is 0 Å². The molecule has 1 aromatic heterocycles. The number of nitrogens with two attached hydrogens (primary N) is 1. The smallest absolute Gasteiger partial charge is 0.227 e. The number of nitrogen functional groups attached to an aromatic ring is 1. The van der Waals surface area contributed by atoms with Crippen LogP contribution in [0.15, 0.2) is 34.7 Å². The summed E-state index contributed by atoms with van der Waals surface area (Å²) in [5.41, 5.74) is 12.7. The SMILES string of the molecule is Cc1cc(C)c2oc(-c3ccc(C)c(N)c3)nc2c1. The molecule has 0 radical (unpaired) electrons. The Morgan fingerprint density at radius 2 is 1.79 bits per heavy atom. The first kappa shape index (κ1) is 11.8. The second kappa shape index (κ2) is 4.12. The number of hydrogen-bond donors (Lipinski definition) is 1. The first-order chi connectivity index (χ1) is 9.04. The van der Waals surface area contributed by atoms with Crippen LogP contribution in [0.3, 0.4) is 0 Å². The fourth-order valence-corrected chi connectivity index (χ4v) is 2.27. The van der Waals surface area contributed by atoms with Crippen molar-refractivity contribution in [1.82, 2.24) is 4.98 Å². The van der Waals surface area contributed by atoms with Crippen molar-refractivity contribution in [2.45, 2.75) is 20.8 Å². The van der Waals surface area contributed by atoms with Crippen molar-refractivity contribution in [2.75, 3.05) is 5.73 Å². The second-order valence-electron chi connectivity index (χ2n) is 5.02. The van der Waals surface area contributed by atoms with Gasteiger partial charge >= 0.3 is 0 Å². The third kappa shape index (κ3) is 1.97. The molecule has 3 nitrogen and oxygen atoms in total. The van der Waals surface area contributed by atoms with Crippen molar-refractivity contribution in [3.8, 4) is 11.5 Å². The molecule has 1 heterocycles. The van der Waals surface area contributed by atoms with Gasteiger partial charge in [-0.1, -0.05) is 12.1 Å². The van der Waals surface area contributed by atoms with Crippen molar-refractivity contribution < 1.29 is 4.42 Å². The minimum atomic E-state index is 0.621. The highest BCUT2D eigenvalue weighted by atomic mass is 16.3. The Kier molecular flexibility index (Phi) is 2.56. The average Bonchev–Trinajstić information content (AvgIpc) is 2.76. The van der Waals surface area contributed by atoms with E-state index in [1.54, 1.807) is 0 Å². The predicted octanol–water partition coefficient (Wildman–Crippen LogP) is 4.00. The van der Waals surface area contributed by atoms with Crippen molar-refractivity contribution in [3.63, 3.8) is 0 Å². The fourth-order valence-electron chi connectivity index (χ4n) is 2.27. The van der Waals surface area contributed by atoms with Gasteiger partial charge in [0.05, 0.1) is 0 Å². The zero-order valence-electron chi connectivity index (χ0n) is 11.3. The molecule has 0 saturated heterocycles. The Morgan fingerprint density at radius 1 is 1.00 bits per heavy atom. The highest BCUT2D eigenvalue weighted by molar-refractivity contribution is 5.80. The lowest BCUT2D eigenvalue weighted by molar-refractivity contribution is 0.617. The van der Waals surface area contributed by atoms with Crippen LogP contribution in [0.4, 0.5) is 5.69 Å².